The van der Waals surface area contributed by atoms with Crippen molar-refractivity contribution >= 4 is 5.84 Å². The third-order valence-corrected chi connectivity index (χ3v) is 4.95. The van der Waals surface area contributed by atoms with Crippen LogP contribution in [0.3, 0.4) is 0 Å². The van der Waals surface area contributed by atoms with Gasteiger partial charge < -0.3 is 5.32 Å². The smallest absolute Gasteiger partial charge is 0.0967 e. The average Bonchev–Trinajstić information content (AvgIpc) is 3.38. The van der Waals surface area contributed by atoms with Gasteiger partial charge in [0.1, 0.15) is 0 Å². The van der Waals surface area contributed by atoms with Gasteiger partial charge in [-0.1, -0.05) is 44.0 Å². The summed E-state index contributed by atoms with van der Waals surface area (Å²) < 4.78 is 0. The first-order chi connectivity index (χ1) is 10.9. The molecular formula is C20H30N2. The van der Waals surface area contributed by atoms with Gasteiger partial charge >= 0.3 is 0 Å². The Balaban J connectivity index is 1.66. The summed E-state index contributed by atoms with van der Waals surface area (Å²) in [6.45, 7) is 3.27. The van der Waals surface area contributed by atoms with Gasteiger partial charge in [-0.05, 0) is 55.6 Å². The van der Waals surface area contributed by atoms with E-state index < -0.39 is 0 Å². The normalized spacial score (nSPS) is 20.1. The van der Waals surface area contributed by atoms with Crippen LogP contribution < -0.4 is 5.32 Å². The summed E-state index contributed by atoms with van der Waals surface area (Å²) in [6, 6.07) is 9.83. The highest BCUT2D eigenvalue weighted by molar-refractivity contribution is 5.82. The maximum absolute atomic E-state index is 4.76. The van der Waals surface area contributed by atoms with Gasteiger partial charge in [-0.15, -0.1) is 0 Å². The fourth-order valence-electron chi connectivity index (χ4n) is 3.35. The Hall–Kier alpha value is -1.31. The zero-order valence-electron chi connectivity index (χ0n) is 14.0. The Morgan fingerprint density at radius 3 is 2.68 bits per heavy atom. The van der Waals surface area contributed by atoms with Crippen LogP contribution in [-0.4, -0.2) is 12.4 Å². The summed E-state index contributed by atoms with van der Waals surface area (Å²) in [5.74, 6) is 2.07. The lowest BCUT2D eigenvalue weighted by atomic mass is 9.99. The zero-order valence-corrected chi connectivity index (χ0v) is 14.0. The molecule has 120 valence electrons. The summed E-state index contributed by atoms with van der Waals surface area (Å²) in [4.78, 5) is 4.76. The van der Waals surface area contributed by atoms with Gasteiger partial charge in [0, 0.05) is 13.0 Å². The molecule has 2 nitrogen and oxygen atoms in total. The van der Waals surface area contributed by atoms with Crippen LogP contribution in [0.1, 0.15) is 75.5 Å². The van der Waals surface area contributed by atoms with Gasteiger partial charge in [0.15, 0.2) is 0 Å². The molecule has 1 aliphatic carbocycles. The minimum atomic E-state index is 0.483. The predicted molar refractivity (Wildman–Crippen MR) is 94.4 cm³/mol. The van der Waals surface area contributed by atoms with Crippen molar-refractivity contribution in [1.82, 2.24) is 5.32 Å². The number of unbranched alkanes of at least 4 members (excludes halogenated alkanes) is 1. The van der Waals surface area contributed by atoms with Crippen LogP contribution in [0, 0.1) is 5.92 Å². The minimum Gasteiger partial charge on any atom is -0.367 e. The molecule has 1 heterocycles. The first-order valence-corrected chi connectivity index (χ1v) is 9.25. The molecule has 0 bridgehead atoms. The molecule has 1 atom stereocenters. The lowest BCUT2D eigenvalue weighted by Crippen LogP contribution is -2.29. The molecule has 1 aromatic carbocycles. The third-order valence-electron chi connectivity index (χ3n) is 4.95. The van der Waals surface area contributed by atoms with Crippen LogP contribution in [0.5, 0.6) is 0 Å². The van der Waals surface area contributed by atoms with Gasteiger partial charge in [-0.25, -0.2) is 0 Å². The predicted octanol–water partition coefficient (Wildman–Crippen LogP) is 5.04. The molecule has 3 rings (SSSR count). The van der Waals surface area contributed by atoms with Crippen LogP contribution in [-0.2, 0) is 6.42 Å². The minimum absolute atomic E-state index is 0.483. The summed E-state index contributed by atoms with van der Waals surface area (Å²) in [5, 5.41) is 3.79. The second-order valence-corrected chi connectivity index (χ2v) is 6.94. The Morgan fingerprint density at radius 1 is 1.14 bits per heavy atom. The number of hydrogen-bond acceptors (Lipinski definition) is 2. The molecule has 2 aliphatic rings. The second kappa shape index (κ2) is 7.80. The van der Waals surface area contributed by atoms with Crippen molar-refractivity contribution in [1.29, 1.82) is 0 Å². The number of nitrogens with one attached hydrogen (secondary N) is 1. The molecule has 22 heavy (non-hydrogen) atoms. The summed E-state index contributed by atoms with van der Waals surface area (Å²) >= 11 is 0. The van der Waals surface area contributed by atoms with Crippen molar-refractivity contribution in [3.05, 3.63) is 35.4 Å². The maximum Gasteiger partial charge on any atom is 0.0967 e. The molecule has 1 N–H and O–H groups in total. The fraction of sp³-hybridized carbons (Fsp3) is 0.650. The fourth-order valence-corrected chi connectivity index (χ4v) is 3.35. The summed E-state index contributed by atoms with van der Waals surface area (Å²) in [7, 11) is 0. The van der Waals surface area contributed by atoms with E-state index in [2.05, 4.69) is 36.5 Å². The van der Waals surface area contributed by atoms with Gasteiger partial charge in [-0.2, -0.15) is 0 Å². The van der Waals surface area contributed by atoms with Crippen molar-refractivity contribution in [3.8, 4) is 0 Å². The van der Waals surface area contributed by atoms with Crippen LogP contribution >= 0.6 is 0 Å². The molecule has 0 amide bonds. The standard InChI is InChI=1S/C20H30N2/c1-2-3-7-16-9-11-17(12-10-16)20(18-13-14-18)22-19-8-5-4-6-15-21-19/h9-12,18,20H,2-8,13-15H2,1H3,(H,21,22). The molecule has 1 fully saturated rings. The van der Waals surface area contributed by atoms with Crippen molar-refractivity contribution < 1.29 is 0 Å². The number of aryl methyl sites for hydroxylation is 1. The third kappa shape index (κ3) is 4.34. The van der Waals surface area contributed by atoms with Gasteiger partial charge in [0.25, 0.3) is 0 Å². The van der Waals surface area contributed by atoms with E-state index in [1.165, 1.54) is 68.3 Å². The van der Waals surface area contributed by atoms with E-state index in [0.717, 1.165) is 18.9 Å². The average molecular weight is 298 g/mol. The zero-order chi connectivity index (χ0) is 15.2. The van der Waals surface area contributed by atoms with E-state index in [4.69, 9.17) is 4.99 Å². The quantitative estimate of drug-likeness (QED) is 0.781. The van der Waals surface area contributed by atoms with Gasteiger partial charge in [0.05, 0.1) is 11.9 Å². The Kier molecular flexibility index (Phi) is 5.53. The van der Waals surface area contributed by atoms with Crippen LogP contribution in [0.15, 0.2) is 29.3 Å². The van der Waals surface area contributed by atoms with Crippen LogP contribution in [0.25, 0.3) is 0 Å². The molecular weight excluding hydrogens is 268 g/mol. The van der Waals surface area contributed by atoms with E-state index in [1.54, 1.807) is 0 Å². The SMILES string of the molecule is CCCCc1ccc(C(NC2=NCCCCC2)C2CC2)cc1. The highest BCUT2D eigenvalue weighted by Gasteiger charge is 2.32. The molecule has 0 radical (unpaired) electrons. The monoisotopic (exact) mass is 298 g/mol. The first kappa shape index (κ1) is 15.6. The molecule has 0 spiro atoms. The Bertz CT molecular complexity index is 485. The highest BCUT2D eigenvalue weighted by atomic mass is 15.0. The first-order valence-electron chi connectivity index (χ1n) is 9.25. The molecule has 1 aliphatic heterocycles. The molecule has 1 saturated carbocycles. The topological polar surface area (TPSA) is 24.4 Å². The second-order valence-electron chi connectivity index (χ2n) is 6.94. The van der Waals surface area contributed by atoms with E-state index in [0.29, 0.717) is 6.04 Å². The van der Waals surface area contributed by atoms with Crippen molar-refractivity contribution in [2.75, 3.05) is 6.54 Å². The van der Waals surface area contributed by atoms with E-state index >= 15 is 0 Å². The lowest BCUT2D eigenvalue weighted by Gasteiger charge is -2.21. The Labute approximate surface area is 135 Å². The number of aliphatic imine (C=N–C) groups is 1. The lowest BCUT2D eigenvalue weighted by molar-refractivity contribution is 0.563. The highest BCUT2D eigenvalue weighted by Crippen LogP contribution is 2.41. The van der Waals surface area contributed by atoms with E-state index in [9.17, 15) is 0 Å². The summed E-state index contributed by atoms with van der Waals surface area (Å²) in [6.07, 6.45) is 11.5. The maximum atomic E-state index is 4.76. The summed E-state index contributed by atoms with van der Waals surface area (Å²) in [5.41, 5.74) is 2.93. The number of benzene rings is 1. The van der Waals surface area contributed by atoms with Crippen molar-refractivity contribution in [2.45, 2.75) is 70.8 Å². The molecule has 0 aromatic heterocycles. The molecule has 2 heteroatoms. The van der Waals surface area contributed by atoms with E-state index in [1.807, 2.05) is 0 Å². The van der Waals surface area contributed by atoms with Gasteiger partial charge in [-0.3, -0.25) is 4.99 Å². The Morgan fingerprint density at radius 2 is 1.95 bits per heavy atom. The van der Waals surface area contributed by atoms with Crippen molar-refractivity contribution in [3.63, 3.8) is 0 Å². The van der Waals surface area contributed by atoms with E-state index in [-0.39, 0.29) is 0 Å². The van der Waals surface area contributed by atoms with Crippen LogP contribution in [0.4, 0.5) is 0 Å². The van der Waals surface area contributed by atoms with Crippen molar-refractivity contribution in [2.24, 2.45) is 10.9 Å². The number of nitrogens with zero attached hydrogens (tertiary/aromatic N) is 1. The number of amidine groups is 1. The van der Waals surface area contributed by atoms with Gasteiger partial charge in [0.2, 0.25) is 0 Å². The van der Waals surface area contributed by atoms with Crippen LogP contribution in [0.2, 0.25) is 0 Å². The largest absolute Gasteiger partial charge is 0.367 e. The molecule has 1 aromatic rings. The number of hydrogen-bond donors (Lipinski definition) is 1. The number of rotatable bonds is 6. The molecule has 0 saturated heterocycles. The molecule has 1 unspecified atom stereocenters.